The van der Waals surface area contributed by atoms with Crippen molar-refractivity contribution in [3.8, 4) is 0 Å². The van der Waals surface area contributed by atoms with E-state index in [9.17, 15) is 4.79 Å². The molecule has 1 aliphatic rings. The Kier molecular flexibility index (Phi) is 8.61. The second-order valence-corrected chi connectivity index (χ2v) is 4.04. The number of likely N-dealkylation sites (tertiary alicyclic amines) is 1. The molecular weight excluding hydrogens is 228 g/mol. The average Bonchev–Trinajstić information content (AvgIpc) is 2.24. The van der Waals surface area contributed by atoms with Crippen molar-refractivity contribution >= 4 is 18.3 Å². The normalized spacial score (nSPS) is 20.4. The summed E-state index contributed by atoms with van der Waals surface area (Å²) in [6.07, 6.45) is 3.49. The highest BCUT2D eigenvalue weighted by Crippen LogP contribution is 2.10. The molecule has 1 unspecified atom stereocenters. The zero-order valence-electron chi connectivity index (χ0n) is 9.98. The number of carbonyl (C=O) groups is 1. The highest BCUT2D eigenvalue weighted by molar-refractivity contribution is 5.85. The standard InChI is InChI=1S/C11H22N2O2.ClH/c1-2-15-8-4-6-11(14)13-7-3-5-10(12)9-13;/h10H,2-9,12H2,1H3;1H. The fourth-order valence-corrected chi connectivity index (χ4v) is 1.86. The molecule has 0 aromatic carbocycles. The summed E-state index contributed by atoms with van der Waals surface area (Å²) in [6.45, 7) is 4.98. The van der Waals surface area contributed by atoms with E-state index in [0.29, 0.717) is 13.0 Å². The Morgan fingerprint density at radius 2 is 2.31 bits per heavy atom. The average molecular weight is 251 g/mol. The van der Waals surface area contributed by atoms with Crippen LogP contribution in [-0.2, 0) is 9.53 Å². The summed E-state index contributed by atoms with van der Waals surface area (Å²) in [5.74, 6) is 0.227. The van der Waals surface area contributed by atoms with E-state index >= 15 is 0 Å². The van der Waals surface area contributed by atoms with Crippen LogP contribution in [0.25, 0.3) is 0 Å². The number of hydrogen-bond donors (Lipinski definition) is 1. The number of nitrogens with two attached hydrogens (primary N) is 1. The van der Waals surface area contributed by atoms with Gasteiger partial charge in [0, 0.05) is 38.8 Å². The van der Waals surface area contributed by atoms with Gasteiger partial charge in [0.05, 0.1) is 0 Å². The van der Waals surface area contributed by atoms with Gasteiger partial charge in [-0.05, 0) is 26.2 Å². The molecule has 0 aromatic rings. The van der Waals surface area contributed by atoms with E-state index in [4.69, 9.17) is 10.5 Å². The molecule has 5 heteroatoms. The molecule has 0 spiro atoms. The van der Waals surface area contributed by atoms with E-state index in [1.165, 1.54) is 0 Å². The van der Waals surface area contributed by atoms with Gasteiger partial charge in [-0.15, -0.1) is 12.4 Å². The van der Waals surface area contributed by atoms with Gasteiger partial charge in [0.2, 0.25) is 5.91 Å². The minimum Gasteiger partial charge on any atom is -0.382 e. The maximum Gasteiger partial charge on any atom is 0.222 e. The molecule has 1 fully saturated rings. The van der Waals surface area contributed by atoms with Crippen LogP contribution in [0.5, 0.6) is 0 Å². The number of amides is 1. The van der Waals surface area contributed by atoms with Crippen molar-refractivity contribution < 1.29 is 9.53 Å². The first-order valence-corrected chi connectivity index (χ1v) is 5.85. The summed E-state index contributed by atoms with van der Waals surface area (Å²) in [5.41, 5.74) is 5.82. The van der Waals surface area contributed by atoms with Crippen molar-refractivity contribution in [1.82, 2.24) is 4.90 Å². The molecule has 0 saturated carbocycles. The lowest BCUT2D eigenvalue weighted by molar-refractivity contribution is -0.132. The second-order valence-electron chi connectivity index (χ2n) is 4.04. The summed E-state index contributed by atoms with van der Waals surface area (Å²) in [6, 6.07) is 0.176. The monoisotopic (exact) mass is 250 g/mol. The molecule has 1 aliphatic heterocycles. The van der Waals surface area contributed by atoms with Gasteiger partial charge in [-0.25, -0.2) is 0 Å². The Labute approximate surface area is 104 Å². The maximum absolute atomic E-state index is 11.7. The Bertz CT molecular complexity index is 202. The lowest BCUT2D eigenvalue weighted by Gasteiger charge is -2.30. The number of rotatable bonds is 5. The highest BCUT2D eigenvalue weighted by Gasteiger charge is 2.20. The molecule has 0 bridgehead atoms. The molecule has 16 heavy (non-hydrogen) atoms. The van der Waals surface area contributed by atoms with Crippen molar-refractivity contribution in [2.45, 2.75) is 38.6 Å². The molecule has 0 aliphatic carbocycles. The van der Waals surface area contributed by atoms with Gasteiger partial charge in [0.1, 0.15) is 0 Å². The fraction of sp³-hybridized carbons (Fsp3) is 0.909. The summed E-state index contributed by atoms with van der Waals surface area (Å²) >= 11 is 0. The highest BCUT2D eigenvalue weighted by atomic mass is 35.5. The summed E-state index contributed by atoms with van der Waals surface area (Å²) in [7, 11) is 0. The minimum atomic E-state index is 0. The van der Waals surface area contributed by atoms with Crippen molar-refractivity contribution in [1.29, 1.82) is 0 Å². The van der Waals surface area contributed by atoms with Gasteiger partial charge in [-0.2, -0.15) is 0 Å². The topological polar surface area (TPSA) is 55.6 Å². The Balaban J connectivity index is 0.00000225. The number of piperidine rings is 1. The Hall–Kier alpha value is -0.320. The van der Waals surface area contributed by atoms with E-state index < -0.39 is 0 Å². The molecule has 1 heterocycles. The Morgan fingerprint density at radius 1 is 1.56 bits per heavy atom. The van der Waals surface area contributed by atoms with Gasteiger partial charge in [0.25, 0.3) is 0 Å². The van der Waals surface area contributed by atoms with Crippen LogP contribution < -0.4 is 5.73 Å². The molecular formula is C11H23ClN2O2. The smallest absolute Gasteiger partial charge is 0.222 e. The van der Waals surface area contributed by atoms with Crippen LogP contribution in [-0.4, -0.2) is 43.2 Å². The van der Waals surface area contributed by atoms with E-state index in [0.717, 1.165) is 39.0 Å². The number of nitrogens with zero attached hydrogens (tertiary/aromatic N) is 1. The zero-order chi connectivity index (χ0) is 11.1. The molecule has 1 amide bonds. The molecule has 96 valence electrons. The van der Waals surface area contributed by atoms with Crippen molar-refractivity contribution in [2.75, 3.05) is 26.3 Å². The molecule has 0 radical (unpaired) electrons. The van der Waals surface area contributed by atoms with Crippen LogP contribution in [0.15, 0.2) is 0 Å². The molecule has 0 aromatic heterocycles. The van der Waals surface area contributed by atoms with Gasteiger partial charge in [-0.3, -0.25) is 4.79 Å². The second kappa shape index (κ2) is 8.79. The van der Waals surface area contributed by atoms with Crippen molar-refractivity contribution in [2.24, 2.45) is 5.73 Å². The third kappa shape index (κ3) is 5.68. The van der Waals surface area contributed by atoms with Crippen molar-refractivity contribution in [3.05, 3.63) is 0 Å². The number of ether oxygens (including phenoxy) is 1. The number of carbonyl (C=O) groups excluding carboxylic acids is 1. The molecule has 4 nitrogen and oxygen atoms in total. The van der Waals surface area contributed by atoms with Crippen LogP contribution in [0.1, 0.15) is 32.6 Å². The van der Waals surface area contributed by atoms with E-state index in [1.54, 1.807) is 0 Å². The first-order valence-electron chi connectivity index (χ1n) is 5.85. The van der Waals surface area contributed by atoms with Crippen LogP contribution >= 0.6 is 12.4 Å². The largest absolute Gasteiger partial charge is 0.382 e. The van der Waals surface area contributed by atoms with Gasteiger partial charge in [0.15, 0.2) is 0 Å². The molecule has 1 saturated heterocycles. The zero-order valence-corrected chi connectivity index (χ0v) is 10.8. The lowest BCUT2D eigenvalue weighted by atomic mass is 10.1. The third-order valence-corrected chi connectivity index (χ3v) is 2.69. The number of hydrogen-bond acceptors (Lipinski definition) is 3. The van der Waals surface area contributed by atoms with Crippen LogP contribution in [0.4, 0.5) is 0 Å². The third-order valence-electron chi connectivity index (χ3n) is 2.69. The van der Waals surface area contributed by atoms with Crippen molar-refractivity contribution in [3.63, 3.8) is 0 Å². The first-order chi connectivity index (χ1) is 7.24. The fourth-order valence-electron chi connectivity index (χ4n) is 1.86. The summed E-state index contributed by atoms with van der Waals surface area (Å²) < 4.78 is 5.20. The first kappa shape index (κ1) is 15.7. The Morgan fingerprint density at radius 3 is 2.94 bits per heavy atom. The predicted octanol–water partition coefficient (Wildman–Crippen LogP) is 1.17. The number of halogens is 1. The van der Waals surface area contributed by atoms with Crippen LogP contribution in [0.3, 0.4) is 0 Å². The van der Waals surface area contributed by atoms with Gasteiger partial charge in [-0.1, -0.05) is 0 Å². The van der Waals surface area contributed by atoms with Gasteiger partial charge >= 0.3 is 0 Å². The molecule has 1 atom stereocenters. The minimum absolute atomic E-state index is 0. The van der Waals surface area contributed by atoms with Gasteiger partial charge < -0.3 is 15.4 Å². The predicted molar refractivity (Wildman–Crippen MR) is 66.8 cm³/mol. The molecule has 1 rings (SSSR count). The van der Waals surface area contributed by atoms with E-state index in [1.807, 2.05) is 11.8 Å². The van der Waals surface area contributed by atoms with E-state index in [2.05, 4.69) is 0 Å². The summed E-state index contributed by atoms with van der Waals surface area (Å²) in [5, 5.41) is 0. The van der Waals surface area contributed by atoms with Crippen LogP contribution in [0, 0.1) is 0 Å². The molecule has 2 N–H and O–H groups in total. The van der Waals surface area contributed by atoms with Crippen LogP contribution in [0.2, 0.25) is 0 Å². The lowest BCUT2D eigenvalue weighted by Crippen LogP contribution is -2.45. The SMILES string of the molecule is CCOCCCC(=O)N1CCCC(N)C1.Cl. The van der Waals surface area contributed by atoms with E-state index in [-0.39, 0.29) is 24.4 Å². The quantitative estimate of drug-likeness (QED) is 0.746. The maximum atomic E-state index is 11.7. The summed E-state index contributed by atoms with van der Waals surface area (Å²) in [4.78, 5) is 13.6.